The zero-order valence-electron chi connectivity index (χ0n) is 4.56. The molecule has 0 N–H and O–H groups in total. The maximum absolute atomic E-state index is 11.1. The summed E-state index contributed by atoms with van der Waals surface area (Å²) in [4.78, 5) is 10.1. The van der Waals surface area contributed by atoms with Gasteiger partial charge in [0.25, 0.3) is 0 Å². The van der Waals surface area contributed by atoms with E-state index in [4.69, 9.17) is 0 Å². The van der Waals surface area contributed by atoms with Crippen LogP contribution in [0.25, 0.3) is 0 Å². The van der Waals surface area contributed by atoms with E-state index in [1.54, 1.807) is 6.92 Å². The summed E-state index contributed by atoms with van der Waals surface area (Å²) in [6, 6.07) is 0. The molecule has 0 saturated heterocycles. The number of carbonyl (C=O) groups is 1. The maximum Gasteiger partial charge on any atom is 0.333 e. The minimum atomic E-state index is -0.644. The highest BCUT2D eigenvalue weighted by atomic mass is 19.1. The summed E-state index contributed by atoms with van der Waals surface area (Å²) in [5.41, 5.74) is 0. The fourth-order valence-electron chi connectivity index (χ4n) is 0.242. The Morgan fingerprint density at radius 3 is 2.88 bits per heavy atom. The number of hydrogen-bond acceptors (Lipinski definition) is 2. The zero-order valence-corrected chi connectivity index (χ0v) is 4.56. The van der Waals surface area contributed by atoms with Gasteiger partial charge in [-0.25, -0.2) is 9.18 Å². The molecule has 2 nitrogen and oxygen atoms in total. The molecule has 0 amide bonds. The zero-order chi connectivity index (χ0) is 6.41. The lowest BCUT2D eigenvalue weighted by molar-refractivity contribution is -0.137. The predicted molar refractivity (Wildman–Crippen MR) is 26.9 cm³/mol. The Labute approximate surface area is 47.0 Å². The van der Waals surface area contributed by atoms with Crippen LogP contribution in [0.2, 0.25) is 0 Å². The predicted octanol–water partition coefficient (Wildman–Crippen LogP) is 1.03. The Balaban J connectivity index is 3.33. The molecule has 0 saturated carbocycles. The van der Waals surface area contributed by atoms with E-state index in [1.165, 1.54) is 0 Å². The van der Waals surface area contributed by atoms with Crippen LogP contribution >= 0.6 is 0 Å². The van der Waals surface area contributed by atoms with Crippen molar-refractivity contribution >= 4 is 5.97 Å². The van der Waals surface area contributed by atoms with E-state index in [0.29, 0.717) is 0 Å². The lowest BCUT2D eigenvalue weighted by Gasteiger charge is -1.91. The molecule has 0 heterocycles. The van der Waals surface area contributed by atoms with Gasteiger partial charge < -0.3 is 4.74 Å². The summed E-state index contributed by atoms with van der Waals surface area (Å²) in [5, 5.41) is 0. The van der Waals surface area contributed by atoms with E-state index in [2.05, 4.69) is 4.74 Å². The van der Waals surface area contributed by atoms with Crippen molar-refractivity contribution in [3.63, 3.8) is 0 Å². The average Bonchev–Trinajstić information content (AvgIpc) is 1.68. The van der Waals surface area contributed by atoms with Gasteiger partial charge in [0.2, 0.25) is 0 Å². The van der Waals surface area contributed by atoms with Gasteiger partial charge in [-0.05, 0) is 6.92 Å². The van der Waals surface area contributed by atoms with Crippen molar-refractivity contribution in [2.75, 3.05) is 6.61 Å². The number of rotatable bonds is 2. The molecule has 46 valence electrons. The van der Waals surface area contributed by atoms with Crippen LogP contribution in [-0.4, -0.2) is 12.6 Å². The number of halogens is 1. The summed E-state index contributed by atoms with van der Waals surface area (Å²) in [6.07, 6.45) is 0.876. The SMILES string of the molecule is CCOC(=O)/C=C/F. The summed E-state index contributed by atoms with van der Waals surface area (Å²) in [5.74, 6) is -0.644. The smallest absolute Gasteiger partial charge is 0.333 e. The summed E-state index contributed by atoms with van der Waals surface area (Å²) < 4.78 is 15.4. The standard InChI is InChI=1S/C5H7FO2/c1-2-8-5(7)3-4-6/h3-4H,2H2,1H3/b4-3+. The van der Waals surface area contributed by atoms with E-state index in [9.17, 15) is 9.18 Å². The van der Waals surface area contributed by atoms with Crippen molar-refractivity contribution in [3.05, 3.63) is 12.4 Å². The Hall–Kier alpha value is -0.860. The largest absolute Gasteiger partial charge is 0.463 e. The third-order valence-electron chi connectivity index (χ3n) is 0.486. The molecule has 0 aromatic heterocycles. The lowest BCUT2D eigenvalue weighted by atomic mass is 10.6. The molecule has 0 aliphatic heterocycles. The fraction of sp³-hybridized carbons (Fsp3) is 0.400. The molecule has 0 aromatic carbocycles. The van der Waals surface area contributed by atoms with Crippen molar-refractivity contribution in [1.29, 1.82) is 0 Å². The molecular formula is C5H7FO2. The highest BCUT2D eigenvalue weighted by molar-refractivity contribution is 5.81. The molecule has 0 unspecified atom stereocenters. The number of carbonyl (C=O) groups excluding carboxylic acids is 1. The third kappa shape index (κ3) is 3.33. The van der Waals surface area contributed by atoms with Gasteiger partial charge in [-0.15, -0.1) is 0 Å². The number of ether oxygens (including phenoxy) is 1. The molecule has 0 aliphatic carbocycles. The van der Waals surface area contributed by atoms with Crippen molar-refractivity contribution in [2.24, 2.45) is 0 Å². The molecule has 0 atom stereocenters. The van der Waals surface area contributed by atoms with Crippen LogP contribution in [0.1, 0.15) is 6.92 Å². The number of hydrogen-bond donors (Lipinski definition) is 0. The van der Waals surface area contributed by atoms with Crippen molar-refractivity contribution in [1.82, 2.24) is 0 Å². The summed E-state index contributed by atoms with van der Waals surface area (Å²) >= 11 is 0. The van der Waals surface area contributed by atoms with Gasteiger partial charge in [-0.3, -0.25) is 0 Å². The fourth-order valence-corrected chi connectivity index (χ4v) is 0.242. The first-order valence-corrected chi connectivity index (χ1v) is 2.24. The van der Waals surface area contributed by atoms with Gasteiger partial charge in [0.05, 0.1) is 19.0 Å². The second-order valence-electron chi connectivity index (χ2n) is 1.04. The highest BCUT2D eigenvalue weighted by Crippen LogP contribution is 1.79. The Bertz CT molecular complexity index is 98.6. The van der Waals surface area contributed by atoms with Gasteiger partial charge in [-0.1, -0.05) is 0 Å². The normalized spacial score (nSPS) is 9.75. The van der Waals surface area contributed by atoms with E-state index in [1.807, 2.05) is 0 Å². The Kier molecular flexibility index (Phi) is 3.84. The van der Waals surface area contributed by atoms with E-state index in [-0.39, 0.29) is 12.9 Å². The van der Waals surface area contributed by atoms with Gasteiger partial charge >= 0.3 is 5.97 Å². The van der Waals surface area contributed by atoms with E-state index in [0.717, 1.165) is 6.08 Å². The molecule has 0 spiro atoms. The van der Waals surface area contributed by atoms with Crippen LogP contribution in [0, 0.1) is 0 Å². The van der Waals surface area contributed by atoms with E-state index >= 15 is 0 Å². The van der Waals surface area contributed by atoms with Gasteiger partial charge in [0.15, 0.2) is 0 Å². The first-order valence-electron chi connectivity index (χ1n) is 2.24. The topological polar surface area (TPSA) is 26.3 Å². The Morgan fingerprint density at radius 1 is 1.88 bits per heavy atom. The minimum absolute atomic E-state index is 0.151. The van der Waals surface area contributed by atoms with Crippen molar-refractivity contribution < 1.29 is 13.9 Å². The summed E-state index contributed by atoms with van der Waals surface area (Å²) in [7, 11) is 0. The first kappa shape index (κ1) is 7.14. The van der Waals surface area contributed by atoms with Crippen LogP contribution in [0.3, 0.4) is 0 Å². The molecule has 0 fully saturated rings. The van der Waals surface area contributed by atoms with Crippen molar-refractivity contribution in [3.8, 4) is 0 Å². The van der Waals surface area contributed by atoms with E-state index < -0.39 is 5.97 Å². The molecule has 0 radical (unpaired) electrons. The van der Waals surface area contributed by atoms with Crippen LogP contribution in [0.4, 0.5) is 4.39 Å². The quantitative estimate of drug-likeness (QED) is 0.400. The average molecular weight is 118 g/mol. The third-order valence-corrected chi connectivity index (χ3v) is 0.486. The molecule has 3 heteroatoms. The molecular weight excluding hydrogens is 111 g/mol. The van der Waals surface area contributed by atoms with Crippen LogP contribution in [0.15, 0.2) is 12.4 Å². The second-order valence-corrected chi connectivity index (χ2v) is 1.04. The molecule has 0 bridgehead atoms. The molecule has 0 aliphatic rings. The highest BCUT2D eigenvalue weighted by Gasteiger charge is 1.89. The maximum atomic E-state index is 11.1. The van der Waals surface area contributed by atoms with Crippen LogP contribution in [0.5, 0.6) is 0 Å². The van der Waals surface area contributed by atoms with Crippen molar-refractivity contribution in [2.45, 2.75) is 6.92 Å². The van der Waals surface area contributed by atoms with Gasteiger partial charge in [-0.2, -0.15) is 0 Å². The first-order chi connectivity index (χ1) is 3.81. The number of esters is 1. The summed E-state index contributed by atoms with van der Waals surface area (Å²) in [6.45, 7) is 1.94. The molecule has 0 rings (SSSR count). The monoisotopic (exact) mass is 118 g/mol. The van der Waals surface area contributed by atoms with Gasteiger partial charge in [0.1, 0.15) is 0 Å². The van der Waals surface area contributed by atoms with Crippen LogP contribution in [-0.2, 0) is 9.53 Å². The Morgan fingerprint density at radius 2 is 2.50 bits per heavy atom. The minimum Gasteiger partial charge on any atom is -0.463 e. The molecule has 0 aromatic rings. The second kappa shape index (κ2) is 4.30. The lowest BCUT2D eigenvalue weighted by Crippen LogP contribution is -1.97. The van der Waals surface area contributed by atoms with Gasteiger partial charge in [0, 0.05) is 0 Å². The van der Waals surface area contributed by atoms with Crippen LogP contribution < -0.4 is 0 Å². The molecule has 8 heavy (non-hydrogen) atoms.